The molecule has 5 heteroatoms. The molecule has 0 spiro atoms. The van der Waals surface area contributed by atoms with Crippen LogP contribution in [0.1, 0.15) is 5.56 Å². The summed E-state index contributed by atoms with van der Waals surface area (Å²) >= 11 is 0. The summed E-state index contributed by atoms with van der Waals surface area (Å²) in [5.74, 6) is 0.720. The topological polar surface area (TPSA) is 33.6 Å². The van der Waals surface area contributed by atoms with Gasteiger partial charge in [-0.2, -0.15) is 5.10 Å². The van der Waals surface area contributed by atoms with Gasteiger partial charge >= 0.3 is 0 Å². The van der Waals surface area contributed by atoms with Gasteiger partial charge < -0.3 is 9.52 Å². The zero-order valence-electron chi connectivity index (χ0n) is 12.2. The van der Waals surface area contributed by atoms with Gasteiger partial charge in [-0.05, 0) is 31.8 Å². The zero-order chi connectivity index (χ0) is 13.8. The normalized spacial score (nSPS) is 13.3. The third kappa shape index (κ3) is 6.02. The van der Waals surface area contributed by atoms with E-state index in [9.17, 15) is 0 Å². The molecule has 1 N–H and O–H groups in total. The van der Waals surface area contributed by atoms with E-state index in [0.29, 0.717) is 0 Å². The zero-order valence-corrected chi connectivity index (χ0v) is 14.2. The van der Waals surface area contributed by atoms with Crippen molar-refractivity contribution in [2.24, 2.45) is 5.10 Å². The monoisotopic (exact) mass is 280 g/mol. The highest BCUT2D eigenvalue weighted by molar-refractivity contribution is 6.73. The Morgan fingerprint density at radius 3 is 2.00 bits per heavy atom. The van der Waals surface area contributed by atoms with Gasteiger partial charge in [0, 0.05) is 5.56 Å². The number of benzene rings is 1. The number of rotatable bonds is 4. The van der Waals surface area contributed by atoms with E-state index in [-0.39, 0.29) is 0 Å². The smallest absolute Gasteiger partial charge is 0.244 e. The summed E-state index contributed by atoms with van der Waals surface area (Å²) < 4.78 is 6.07. The Hall–Kier alpha value is -1.08. The lowest BCUT2D eigenvalue weighted by Gasteiger charge is -2.23. The van der Waals surface area contributed by atoms with Gasteiger partial charge in [0.25, 0.3) is 0 Å². The minimum absolute atomic E-state index is 0.720. The maximum Gasteiger partial charge on any atom is 0.244 e. The van der Waals surface area contributed by atoms with Crippen LogP contribution >= 0.6 is 0 Å². The molecule has 0 radical (unpaired) electrons. The van der Waals surface area contributed by atoms with Crippen molar-refractivity contribution in [3.05, 3.63) is 35.9 Å². The van der Waals surface area contributed by atoms with E-state index in [0.717, 1.165) is 11.5 Å². The molecule has 0 atom stereocenters. The first-order chi connectivity index (χ1) is 8.17. The molecule has 18 heavy (non-hydrogen) atoms. The third-order valence-electron chi connectivity index (χ3n) is 1.92. The molecular formula is C13H24N2OSi2. The second-order valence-corrected chi connectivity index (χ2v) is 15.5. The summed E-state index contributed by atoms with van der Waals surface area (Å²) in [5, 5.41) is 7.76. The highest BCUT2D eigenvalue weighted by Crippen LogP contribution is 2.10. The summed E-state index contributed by atoms with van der Waals surface area (Å²) in [7, 11) is -3.09. The molecular weight excluding hydrogens is 256 g/mol. The molecule has 0 aliphatic carbocycles. The molecule has 1 aromatic rings. The molecule has 3 nitrogen and oxygen atoms in total. The minimum atomic E-state index is -1.65. The first-order valence-corrected chi connectivity index (χ1v) is 13.2. The number of hydrazone groups is 1. The fraction of sp³-hybridized carbons (Fsp3) is 0.462. The van der Waals surface area contributed by atoms with Crippen molar-refractivity contribution in [3.8, 4) is 0 Å². The summed E-state index contributed by atoms with van der Waals surface area (Å²) in [6.45, 7) is 13.1. The molecule has 0 fully saturated rings. The van der Waals surface area contributed by atoms with Crippen LogP contribution in [0.5, 0.6) is 0 Å². The van der Waals surface area contributed by atoms with Gasteiger partial charge in [-0.1, -0.05) is 37.8 Å². The first kappa shape index (κ1) is 15.0. The predicted molar refractivity (Wildman–Crippen MR) is 83.9 cm³/mol. The van der Waals surface area contributed by atoms with E-state index in [4.69, 9.17) is 4.43 Å². The Kier molecular flexibility index (Phi) is 4.75. The second kappa shape index (κ2) is 5.71. The van der Waals surface area contributed by atoms with Crippen molar-refractivity contribution in [1.29, 1.82) is 0 Å². The molecule has 0 saturated heterocycles. The van der Waals surface area contributed by atoms with Crippen molar-refractivity contribution in [1.82, 2.24) is 5.09 Å². The highest BCUT2D eigenvalue weighted by atomic mass is 28.4. The molecule has 1 aromatic carbocycles. The standard InChI is InChI=1S/C13H24N2OSi2/c1-17(2,3)15-14-13(16-18(4,5)6)12-10-8-7-9-11-12/h7-11,15H,1-6H3/b14-13-. The lowest BCUT2D eigenvalue weighted by molar-refractivity contribution is 0.547. The largest absolute Gasteiger partial charge is 0.530 e. The van der Waals surface area contributed by atoms with Crippen molar-refractivity contribution in [2.75, 3.05) is 0 Å². The van der Waals surface area contributed by atoms with Crippen LogP contribution in [0.3, 0.4) is 0 Å². The van der Waals surface area contributed by atoms with Gasteiger partial charge in [0.1, 0.15) is 0 Å². The molecule has 0 bridgehead atoms. The average Bonchev–Trinajstić information content (AvgIpc) is 2.23. The van der Waals surface area contributed by atoms with Crippen LogP contribution in [0.4, 0.5) is 0 Å². The quantitative estimate of drug-likeness (QED) is 0.395. The van der Waals surface area contributed by atoms with Crippen LogP contribution in [-0.2, 0) is 4.43 Å². The maximum absolute atomic E-state index is 6.07. The number of nitrogens with zero attached hydrogens (tertiary/aromatic N) is 1. The predicted octanol–water partition coefficient (Wildman–Crippen LogP) is 3.62. The number of nitrogens with one attached hydrogen (secondary N) is 1. The Morgan fingerprint density at radius 1 is 1.00 bits per heavy atom. The SMILES string of the molecule is C[Si](C)(C)N/N=C(\O[Si](C)(C)C)c1ccccc1. The third-order valence-corrected chi connectivity index (χ3v) is 3.50. The van der Waals surface area contributed by atoms with Gasteiger partial charge in [0.15, 0.2) is 8.24 Å². The van der Waals surface area contributed by atoms with E-state index < -0.39 is 16.6 Å². The van der Waals surface area contributed by atoms with E-state index in [1.807, 2.05) is 30.3 Å². The summed E-state index contributed by atoms with van der Waals surface area (Å²) in [5.41, 5.74) is 1.03. The summed E-state index contributed by atoms with van der Waals surface area (Å²) in [6, 6.07) is 10.1. The van der Waals surface area contributed by atoms with Crippen molar-refractivity contribution >= 4 is 22.5 Å². The molecule has 0 heterocycles. The average molecular weight is 281 g/mol. The van der Waals surface area contributed by atoms with Gasteiger partial charge in [-0.15, -0.1) is 0 Å². The van der Waals surface area contributed by atoms with E-state index in [1.165, 1.54) is 0 Å². The Bertz CT molecular complexity index is 405. The molecule has 0 unspecified atom stereocenters. The van der Waals surface area contributed by atoms with E-state index >= 15 is 0 Å². The van der Waals surface area contributed by atoms with Crippen molar-refractivity contribution < 1.29 is 4.43 Å². The van der Waals surface area contributed by atoms with Crippen molar-refractivity contribution in [2.45, 2.75) is 39.3 Å². The van der Waals surface area contributed by atoms with Gasteiger partial charge in [-0.3, -0.25) is 0 Å². The number of hydrogen-bond donors (Lipinski definition) is 1. The molecule has 100 valence electrons. The van der Waals surface area contributed by atoms with Gasteiger partial charge in [0.05, 0.1) is 0 Å². The maximum atomic E-state index is 6.07. The van der Waals surface area contributed by atoms with E-state index in [2.05, 4.69) is 49.5 Å². The molecule has 0 saturated carbocycles. The van der Waals surface area contributed by atoms with Crippen LogP contribution in [-0.4, -0.2) is 22.5 Å². The Morgan fingerprint density at radius 2 is 1.56 bits per heavy atom. The molecule has 0 aliphatic rings. The van der Waals surface area contributed by atoms with Crippen LogP contribution in [0, 0.1) is 0 Å². The lowest BCUT2D eigenvalue weighted by atomic mass is 10.2. The van der Waals surface area contributed by atoms with Crippen LogP contribution in [0.2, 0.25) is 39.3 Å². The van der Waals surface area contributed by atoms with Crippen molar-refractivity contribution in [3.63, 3.8) is 0 Å². The molecule has 0 aliphatic heterocycles. The lowest BCUT2D eigenvalue weighted by Crippen LogP contribution is -2.39. The first-order valence-electron chi connectivity index (χ1n) is 6.27. The van der Waals surface area contributed by atoms with Crippen LogP contribution in [0.25, 0.3) is 0 Å². The second-order valence-electron chi connectivity index (χ2n) is 6.36. The Labute approximate surface area is 112 Å². The van der Waals surface area contributed by atoms with Crippen LogP contribution in [0.15, 0.2) is 35.4 Å². The molecule has 1 rings (SSSR count). The number of hydrogen-bond acceptors (Lipinski definition) is 3. The fourth-order valence-corrected chi connectivity index (χ4v) is 2.42. The molecule has 0 aromatic heterocycles. The van der Waals surface area contributed by atoms with Crippen LogP contribution < -0.4 is 5.09 Å². The fourth-order valence-electron chi connectivity index (χ4n) is 1.24. The minimum Gasteiger partial charge on any atom is -0.530 e. The summed E-state index contributed by atoms with van der Waals surface area (Å²) in [4.78, 5) is 0. The highest BCUT2D eigenvalue weighted by Gasteiger charge is 2.21. The van der Waals surface area contributed by atoms with Gasteiger partial charge in [0.2, 0.25) is 14.2 Å². The Balaban J connectivity index is 2.96. The van der Waals surface area contributed by atoms with E-state index in [1.54, 1.807) is 0 Å². The van der Waals surface area contributed by atoms with Gasteiger partial charge in [-0.25, -0.2) is 0 Å². The summed E-state index contributed by atoms with van der Waals surface area (Å²) in [6.07, 6.45) is 0. The molecule has 0 amide bonds.